The van der Waals surface area contributed by atoms with E-state index in [2.05, 4.69) is 0 Å². The zero-order valence-electron chi connectivity index (χ0n) is 13.2. The van der Waals surface area contributed by atoms with Gasteiger partial charge in [0.2, 0.25) is 10.9 Å². The average molecular weight is 341 g/mol. The Bertz CT molecular complexity index is 639. The molecule has 128 valence electrons. The summed E-state index contributed by atoms with van der Waals surface area (Å²) < 4.78 is 37.1. The Hall–Kier alpha value is -1.34. The minimum Gasteiger partial charge on any atom is -0.457 e. The number of furan rings is 1. The van der Waals surface area contributed by atoms with Gasteiger partial charge in [0.15, 0.2) is 0 Å². The summed E-state index contributed by atoms with van der Waals surface area (Å²) in [6, 6.07) is 2.74. The number of rotatable bonds is 4. The summed E-state index contributed by atoms with van der Waals surface area (Å²) in [5.74, 6) is -0.608. The van der Waals surface area contributed by atoms with E-state index < -0.39 is 16.0 Å². The van der Waals surface area contributed by atoms with Gasteiger partial charge in [-0.1, -0.05) is 12.8 Å². The van der Waals surface area contributed by atoms with Crippen molar-refractivity contribution in [1.82, 2.24) is 4.31 Å². The molecule has 0 aromatic carbocycles. The number of piperidine rings is 1. The standard InChI is InChI=1S/C16H23NO5S/c18-16(21-13-7-3-1-4-8-13)14-9-10-15(22-14)23(19,20)17-11-5-2-6-12-17/h9-10,13H,1-8,11-12H2. The molecule has 7 heteroatoms. The molecular formula is C16H23NO5S. The van der Waals surface area contributed by atoms with Crippen LogP contribution in [0, 0.1) is 0 Å². The zero-order chi connectivity index (χ0) is 16.3. The Balaban J connectivity index is 1.68. The lowest BCUT2D eigenvalue weighted by molar-refractivity contribution is 0.0171. The van der Waals surface area contributed by atoms with Crippen LogP contribution >= 0.6 is 0 Å². The summed E-state index contributed by atoms with van der Waals surface area (Å²) in [4.78, 5) is 12.1. The minimum absolute atomic E-state index is 0.0360. The van der Waals surface area contributed by atoms with Gasteiger partial charge in [0.25, 0.3) is 10.0 Å². The van der Waals surface area contributed by atoms with Crippen LogP contribution < -0.4 is 0 Å². The molecule has 0 atom stereocenters. The molecule has 2 aliphatic rings. The van der Waals surface area contributed by atoms with Crippen molar-refractivity contribution < 1.29 is 22.4 Å². The maximum atomic E-state index is 12.5. The van der Waals surface area contributed by atoms with E-state index in [4.69, 9.17) is 9.15 Å². The molecule has 0 amide bonds. The van der Waals surface area contributed by atoms with Crippen LogP contribution in [0.2, 0.25) is 0 Å². The number of sulfonamides is 1. The second-order valence-corrected chi connectivity index (χ2v) is 8.12. The fourth-order valence-corrected chi connectivity index (χ4v) is 4.62. The molecule has 0 bridgehead atoms. The lowest BCUT2D eigenvalue weighted by Gasteiger charge is -2.24. The van der Waals surface area contributed by atoms with Gasteiger partial charge in [-0.3, -0.25) is 0 Å². The highest BCUT2D eigenvalue weighted by atomic mass is 32.2. The lowest BCUT2D eigenvalue weighted by atomic mass is 9.98. The second-order valence-electron chi connectivity index (χ2n) is 6.25. The van der Waals surface area contributed by atoms with Crippen molar-refractivity contribution in [2.45, 2.75) is 62.6 Å². The van der Waals surface area contributed by atoms with E-state index in [1.807, 2.05) is 0 Å². The van der Waals surface area contributed by atoms with Crippen molar-refractivity contribution in [3.8, 4) is 0 Å². The first-order valence-corrected chi connectivity index (χ1v) is 9.82. The molecule has 1 aromatic rings. The van der Waals surface area contributed by atoms with Crippen LogP contribution in [0.5, 0.6) is 0 Å². The first kappa shape index (κ1) is 16.5. The van der Waals surface area contributed by atoms with E-state index in [-0.39, 0.29) is 17.0 Å². The van der Waals surface area contributed by atoms with Gasteiger partial charge >= 0.3 is 5.97 Å². The topological polar surface area (TPSA) is 76.8 Å². The molecule has 1 saturated heterocycles. The number of hydrogen-bond donors (Lipinski definition) is 0. The predicted octanol–water partition coefficient (Wildman–Crippen LogP) is 2.94. The number of ether oxygens (including phenoxy) is 1. The third-order valence-corrected chi connectivity index (χ3v) is 6.29. The quantitative estimate of drug-likeness (QED) is 0.787. The van der Waals surface area contributed by atoms with Crippen LogP contribution in [0.25, 0.3) is 0 Å². The highest BCUT2D eigenvalue weighted by Gasteiger charge is 2.30. The maximum Gasteiger partial charge on any atom is 0.374 e. The first-order chi connectivity index (χ1) is 11.1. The van der Waals surface area contributed by atoms with Gasteiger partial charge in [-0.15, -0.1) is 0 Å². The summed E-state index contributed by atoms with van der Waals surface area (Å²) in [7, 11) is -3.65. The molecule has 1 saturated carbocycles. The molecule has 23 heavy (non-hydrogen) atoms. The van der Waals surface area contributed by atoms with E-state index in [1.165, 1.54) is 22.9 Å². The summed E-state index contributed by atoms with van der Waals surface area (Å²) >= 11 is 0. The number of nitrogens with zero attached hydrogens (tertiary/aromatic N) is 1. The molecule has 1 aromatic heterocycles. The number of carbonyl (C=O) groups is 1. The van der Waals surface area contributed by atoms with E-state index in [0.717, 1.165) is 44.9 Å². The first-order valence-electron chi connectivity index (χ1n) is 8.38. The smallest absolute Gasteiger partial charge is 0.374 e. The van der Waals surface area contributed by atoms with Crippen LogP contribution in [0.1, 0.15) is 61.9 Å². The summed E-state index contributed by atoms with van der Waals surface area (Å²) in [5.41, 5.74) is 0. The van der Waals surface area contributed by atoms with E-state index in [0.29, 0.717) is 13.1 Å². The van der Waals surface area contributed by atoms with Gasteiger partial charge in [0, 0.05) is 13.1 Å². The van der Waals surface area contributed by atoms with Crippen LogP contribution in [-0.2, 0) is 14.8 Å². The average Bonchev–Trinajstić information content (AvgIpc) is 3.07. The third-order valence-electron chi connectivity index (χ3n) is 4.52. The number of esters is 1. The van der Waals surface area contributed by atoms with Crippen molar-refractivity contribution in [3.05, 3.63) is 17.9 Å². The van der Waals surface area contributed by atoms with Crippen molar-refractivity contribution in [2.75, 3.05) is 13.1 Å². The van der Waals surface area contributed by atoms with Gasteiger partial charge in [-0.2, -0.15) is 4.31 Å². The van der Waals surface area contributed by atoms with E-state index >= 15 is 0 Å². The Morgan fingerprint density at radius 1 is 1.04 bits per heavy atom. The molecule has 0 spiro atoms. The molecular weight excluding hydrogens is 318 g/mol. The molecule has 2 fully saturated rings. The molecule has 3 rings (SSSR count). The normalized spacial score (nSPS) is 21.2. The monoisotopic (exact) mass is 341 g/mol. The summed E-state index contributed by atoms with van der Waals surface area (Å²) in [6.45, 7) is 1.01. The highest BCUT2D eigenvalue weighted by molar-refractivity contribution is 7.89. The van der Waals surface area contributed by atoms with Gasteiger partial charge < -0.3 is 9.15 Å². The Kier molecular flexibility index (Phi) is 5.06. The number of carbonyl (C=O) groups excluding carboxylic acids is 1. The van der Waals surface area contributed by atoms with E-state index in [9.17, 15) is 13.2 Å². The van der Waals surface area contributed by atoms with Gasteiger partial charge in [0.1, 0.15) is 6.10 Å². The van der Waals surface area contributed by atoms with Crippen molar-refractivity contribution in [2.24, 2.45) is 0 Å². The van der Waals surface area contributed by atoms with Crippen LogP contribution in [0.15, 0.2) is 21.6 Å². The fourth-order valence-electron chi connectivity index (χ4n) is 3.19. The Morgan fingerprint density at radius 3 is 2.39 bits per heavy atom. The second kappa shape index (κ2) is 7.05. The van der Waals surface area contributed by atoms with Crippen molar-refractivity contribution >= 4 is 16.0 Å². The molecule has 1 aliphatic carbocycles. The molecule has 0 radical (unpaired) electrons. The van der Waals surface area contributed by atoms with Gasteiger partial charge in [-0.25, -0.2) is 13.2 Å². The summed E-state index contributed by atoms with van der Waals surface area (Å²) in [5, 5.41) is -0.171. The Morgan fingerprint density at radius 2 is 1.70 bits per heavy atom. The lowest BCUT2D eigenvalue weighted by Crippen LogP contribution is -2.35. The fraction of sp³-hybridized carbons (Fsp3) is 0.688. The van der Waals surface area contributed by atoms with Crippen LogP contribution in [0.4, 0.5) is 0 Å². The highest BCUT2D eigenvalue weighted by Crippen LogP contribution is 2.25. The SMILES string of the molecule is O=C(OC1CCCCC1)c1ccc(S(=O)(=O)N2CCCCC2)o1. The van der Waals surface area contributed by atoms with Crippen molar-refractivity contribution in [1.29, 1.82) is 0 Å². The largest absolute Gasteiger partial charge is 0.457 e. The van der Waals surface area contributed by atoms with E-state index in [1.54, 1.807) is 0 Å². The van der Waals surface area contributed by atoms with Gasteiger partial charge in [-0.05, 0) is 50.7 Å². The van der Waals surface area contributed by atoms with Gasteiger partial charge in [0.05, 0.1) is 0 Å². The number of hydrogen-bond acceptors (Lipinski definition) is 5. The predicted molar refractivity (Wildman–Crippen MR) is 83.6 cm³/mol. The van der Waals surface area contributed by atoms with Crippen LogP contribution in [0.3, 0.4) is 0 Å². The maximum absolute atomic E-state index is 12.5. The summed E-state index contributed by atoms with van der Waals surface area (Å²) in [6.07, 6.45) is 7.71. The Labute approximate surface area is 136 Å². The third kappa shape index (κ3) is 3.77. The zero-order valence-corrected chi connectivity index (χ0v) is 14.0. The molecule has 0 unspecified atom stereocenters. The molecule has 2 heterocycles. The molecule has 1 aliphatic heterocycles. The molecule has 0 N–H and O–H groups in total. The molecule has 6 nitrogen and oxygen atoms in total. The minimum atomic E-state index is -3.65. The van der Waals surface area contributed by atoms with Crippen molar-refractivity contribution in [3.63, 3.8) is 0 Å². The van der Waals surface area contributed by atoms with Crippen LogP contribution in [-0.4, -0.2) is 37.9 Å².